The predicted molar refractivity (Wildman–Crippen MR) is 272 cm³/mol. The van der Waals surface area contributed by atoms with Gasteiger partial charge in [0.15, 0.2) is 5.96 Å². The molecule has 2 atom stereocenters. The highest BCUT2D eigenvalue weighted by Gasteiger charge is 2.25. The third-order valence-corrected chi connectivity index (χ3v) is 10.1. The van der Waals surface area contributed by atoms with E-state index in [-0.39, 0.29) is 55.2 Å². The molecule has 76 heavy (non-hydrogen) atoms. The number of carbonyl (C=O) groups is 7. The number of hydrogen-bond acceptors (Lipinski definition) is 18. The van der Waals surface area contributed by atoms with Crippen LogP contribution in [0.4, 0.5) is 11.4 Å². The van der Waals surface area contributed by atoms with Gasteiger partial charge in [-0.05, 0) is 55.0 Å². The summed E-state index contributed by atoms with van der Waals surface area (Å²) in [6, 6.07) is 10.8. The monoisotopic (exact) mass is 1080 g/mol. The number of guanidine groups is 1. The summed E-state index contributed by atoms with van der Waals surface area (Å²) in [5.74, 6) is -3.96. The van der Waals surface area contributed by atoms with Crippen LogP contribution in [0.3, 0.4) is 0 Å². The minimum atomic E-state index is -1.44. The molecule has 0 aromatic heterocycles. The molecule has 0 saturated heterocycles. The van der Waals surface area contributed by atoms with Crippen LogP contribution < -0.4 is 42.8 Å². The van der Waals surface area contributed by atoms with Gasteiger partial charge in [0.25, 0.3) is 5.91 Å². The lowest BCUT2D eigenvalue weighted by Gasteiger charge is -2.19. The summed E-state index contributed by atoms with van der Waals surface area (Å²) in [7, 11) is 0. The number of carboxylic acids is 1. The third-order valence-electron chi connectivity index (χ3n) is 10.1. The van der Waals surface area contributed by atoms with E-state index >= 15 is 0 Å². The molecule has 2 aromatic rings. The highest BCUT2D eigenvalue weighted by molar-refractivity contribution is 6.01. The van der Waals surface area contributed by atoms with Gasteiger partial charge in [-0.3, -0.25) is 33.6 Å². The Morgan fingerprint density at radius 1 is 0.645 bits per heavy atom. The van der Waals surface area contributed by atoms with Crippen molar-refractivity contribution >= 4 is 58.7 Å². The van der Waals surface area contributed by atoms with Crippen molar-refractivity contribution in [3.8, 4) is 5.75 Å². The summed E-state index contributed by atoms with van der Waals surface area (Å²) in [6.07, 6.45) is 1.76. The molecule has 2 aromatic carbocycles. The standard InChI is InChI=1S/C49H73N9O18/c50-49(51)56-38-4-1-3-36(33-38)47(66)54-35-43(61)57-40(34-46(64)65)48(67)55-37-5-7-39(8-6-37)76-16-2-13-52-42(60)12-17-68-19-21-70-23-25-72-27-29-74-31-32-75-30-28-73-26-24-71-22-20-69-18-14-53-41(59)11-15-58-44(62)9-10-45(58)63/h1,3-10,33,40,44,62H,2,11-32,34-35H2,(H,52,60)(H,53,59)(H,54,66)(H,55,67)(H,57,61)(H,64,65)(H4,50,51,56)/t40-,44?/m0/s1. The van der Waals surface area contributed by atoms with Crippen LogP contribution in [0, 0.1) is 0 Å². The highest BCUT2D eigenvalue weighted by atomic mass is 16.6. The van der Waals surface area contributed by atoms with E-state index in [0.29, 0.717) is 142 Å². The molecule has 422 valence electrons. The predicted octanol–water partition coefficient (Wildman–Crippen LogP) is -1.45. The zero-order valence-corrected chi connectivity index (χ0v) is 42.6. The van der Waals surface area contributed by atoms with Crippen LogP contribution in [0.1, 0.15) is 36.0 Å². The Morgan fingerprint density at radius 3 is 1.72 bits per heavy atom. The Kier molecular flexibility index (Phi) is 33.0. The highest BCUT2D eigenvalue weighted by Crippen LogP contribution is 2.17. The molecule has 6 amide bonds. The molecule has 27 nitrogen and oxygen atoms in total. The number of rotatable bonds is 44. The summed E-state index contributed by atoms with van der Waals surface area (Å²) >= 11 is 0. The third kappa shape index (κ3) is 30.5. The van der Waals surface area contributed by atoms with Crippen molar-refractivity contribution < 1.29 is 86.4 Å². The Morgan fingerprint density at radius 2 is 1.18 bits per heavy atom. The second-order valence-electron chi connectivity index (χ2n) is 16.1. The Labute approximate surface area is 440 Å². The van der Waals surface area contributed by atoms with Gasteiger partial charge in [-0.15, -0.1) is 0 Å². The van der Waals surface area contributed by atoms with Gasteiger partial charge in [0.1, 0.15) is 18.0 Å². The Bertz CT molecular complexity index is 2110. The van der Waals surface area contributed by atoms with Crippen molar-refractivity contribution in [1.29, 1.82) is 0 Å². The summed E-state index contributed by atoms with van der Waals surface area (Å²) in [5.41, 5.74) is 11.5. The van der Waals surface area contributed by atoms with Gasteiger partial charge in [0, 0.05) is 49.8 Å². The SMILES string of the molecule is NC(N)=Nc1cccc(C(=O)NCC(=O)N[C@@H](CC(=O)O)C(=O)Nc2ccc(OCCCNC(=O)CCOCCOCCOCCOCCOCCOCCOCCOCCNC(=O)CCN3C(=O)C=CC3O)cc2)c1. The average molecular weight is 1080 g/mol. The number of carbonyl (C=O) groups excluding carboxylic acids is 6. The number of nitrogens with two attached hydrogens (primary N) is 2. The number of amides is 6. The zero-order valence-electron chi connectivity index (χ0n) is 42.6. The van der Waals surface area contributed by atoms with E-state index in [2.05, 4.69) is 31.6 Å². The first kappa shape index (κ1) is 63.5. The zero-order chi connectivity index (χ0) is 55.0. The van der Waals surface area contributed by atoms with Gasteiger partial charge < -0.3 is 95.8 Å². The molecule has 11 N–H and O–H groups in total. The largest absolute Gasteiger partial charge is 0.494 e. The molecule has 1 heterocycles. The summed E-state index contributed by atoms with van der Waals surface area (Å²) < 4.78 is 49.4. The lowest BCUT2D eigenvalue weighted by Crippen LogP contribution is -2.48. The minimum Gasteiger partial charge on any atom is -0.494 e. The molecular weight excluding hydrogens is 1000 g/mol. The molecule has 1 unspecified atom stereocenters. The number of benzene rings is 2. The molecule has 0 fully saturated rings. The van der Waals surface area contributed by atoms with E-state index in [0.717, 1.165) is 0 Å². The number of carboxylic acid groups (broad SMARTS) is 1. The van der Waals surface area contributed by atoms with E-state index in [9.17, 15) is 43.8 Å². The first-order valence-electron chi connectivity index (χ1n) is 24.7. The fourth-order valence-corrected chi connectivity index (χ4v) is 6.32. The van der Waals surface area contributed by atoms with Gasteiger partial charge in [0.2, 0.25) is 29.5 Å². The smallest absolute Gasteiger partial charge is 0.305 e. The van der Waals surface area contributed by atoms with Gasteiger partial charge in [-0.1, -0.05) is 6.07 Å². The second-order valence-corrected chi connectivity index (χ2v) is 16.1. The fraction of sp³-hybridized carbons (Fsp3) is 0.551. The number of nitrogens with one attached hydrogen (secondary N) is 5. The molecule has 0 spiro atoms. The summed E-state index contributed by atoms with van der Waals surface area (Å²) in [5, 5.41) is 31.8. The van der Waals surface area contributed by atoms with Crippen LogP contribution in [-0.2, 0) is 66.7 Å². The lowest BCUT2D eigenvalue weighted by atomic mass is 10.1. The van der Waals surface area contributed by atoms with Crippen molar-refractivity contribution in [3.63, 3.8) is 0 Å². The van der Waals surface area contributed by atoms with E-state index in [1.807, 2.05) is 0 Å². The van der Waals surface area contributed by atoms with Crippen LogP contribution in [0.15, 0.2) is 65.7 Å². The molecule has 27 heteroatoms. The number of aliphatic hydroxyl groups excluding tert-OH is 1. The number of aliphatic hydroxyl groups is 1. The molecule has 0 aliphatic carbocycles. The quantitative estimate of drug-likeness (QED) is 0.0208. The van der Waals surface area contributed by atoms with Crippen LogP contribution in [0.5, 0.6) is 5.75 Å². The minimum absolute atomic E-state index is 0.0919. The lowest BCUT2D eigenvalue weighted by molar-refractivity contribution is -0.139. The number of aliphatic imine (C=N–C) groups is 1. The number of aliphatic carboxylic acids is 1. The topological polar surface area (TPSA) is 371 Å². The van der Waals surface area contributed by atoms with E-state index in [1.54, 1.807) is 36.4 Å². The molecular formula is C49H73N9O18. The van der Waals surface area contributed by atoms with Crippen molar-refractivity contribution in [2.45, 2.75) is 38.0 Å². The number of hydrogen-bond donors (Lipinski definition) is 9. The molecule has 0 saturated carbocycles. The van der Waals surface area contributed by atoms with Crippen molar-refractivity contribution in [2.24, 2.45) is 16.5 Å². The molecule has 1 aliphatic rings. The molecule has 1 aliphatic heterocycles. The normalized spacial score (nSPS) is 13.2. The van der Waals surface area contributed by atoms with E-state index < -0.39 is 48.9 Å². The maximum Gasteiger partial charge on any atom is 0.305 e. The first-order valence-corrected chi connectivity index (χ1v) is 24.7. The maximum absolute atomic E-state index is 12.9. The Balaban J connectivity index is 1.04. The number of anilines is 1. The van der Waals surface area contributed by atoms with E-state index in [4.69, 9.17) is 54.1 Å². The average Bonchev–Trinajstić information content (AvgIpc) is 3.72. The van der Waals surface area contributed by atoms with E-state index in [1.165, 1.54) is 29.2 Å². The summed E-state index contributed by atoms with van der Waals surface area (Å²) in [4.78, 5) is 90.1. The van der Waals surface area contributed by atoms with Gasteiger partial charge in [-0.2, -0.15) is 0 Å². The second kappa shape index (κ2) is 39.6. The van der Waals surface area contributed by atoms with Gasteiger partial charge in [0.05, 0.1) is 131 Å². The first-order chi connectivity index (χ1) is 36.8. The van der Waals surface area contributed by atoms with Gasteiger partial charge in [-0.25, -0.2) is 4.99 Å². The van der Waals surface area contributed by atoms with Crippen molar-refractivity contribution in [3.05, 3.63) is 66.2 Å². The van der Waals surface area contributed by atoms with Crippen molar-refractivity contribution in [1.82, 2.24) is 26.2 Å². The molecule has 3 rings (SSSR count). The van der Waals surface area contributed by atoms with Gasteiger partial charge >= 0.3 is 5.97 Å². The summed E-state index contributed by atoms with van der Waals surface area (Å²) in [6.45, 7) is 6.71. The van der Waals surface area contributed by atoms with Crippen LogP contribution in [-0.4, -0.2) is 213 Å². The van der Waals surface area contributed by atoms with Crippen molar-refractivity contribution in [2.75, 3.05) is 144 Å². The molecule has 0 bridgehead atoms. The molecule has 0 radical (unpaired) electrons. The van der Waals surface area contributed by atoms with Crippen LogP contribution in [0.25, 0.3) is 0 Å². The van der Waals surface area contributed by atoms with Crippen LogP contribution >= 0.6 is 0 Å². The maximum atomic E-state index is 12.9. The van der Waals surface area contributed by atoms with Crippen LogP contribution in [0.2, 0.25) is 0 Å². The Hall–Kier alpha value is -6.82. The number of nitrogens with zero attached hydrogens (tertiary/aromatic N) is 2. The fourth-order valence-electron chi connectivity index (χ4n) is 6.32. The number of ether oxygens (including phenoxy) is 9.